The molecule has 9 heteroatoms. The van der Waals surface area contributed by atoms with Gasteiger partial charge in [-0.1, -0.05) is 31.2 Å². The molecule has 1 amide bonds. The van der Waals surface area contributed by atoms with Crippen molar-refractivity contribution in [2.24, 2.45) is 0 Å². The number of carbonyl (C=O) groups excluding carboxylic acids is 1. The van der Waals surface area contributed by atoms with Gasteiger partial charge in [-0.25, -0.2) is 4.98 Å². The molecule has 0 saturated carbocycles. The number of carbonyl (C=O) groups is 1. The molecule has 2 aromatic rings. The SMILES string of the molecule is CCC(=O)NC1CCN(c2cnc(-c3ccc(C(F)(F)F)cc3)c(C3=C(C#N)CCCC=C3)n2)CC1. The first-order valence-electron chi connectivity index (χ1n) is 12.2. The maximum absolute atomic E-state index is 13.1. The third kappa shape index (κ3) is 5.76. The quantitative estimate of drug-likeness (QED) is 0.578. The number of benzene rings is 1. The lowest BCUT2D eigenvalue weighted by Gasteiger charge is -2.33. The van der Waals surface area contributed by atoms with E-state index < -0.39 is 11.7 Å². The van der Waals surface area contributed by atoms with Crippen molar-refractivity contribution < 1.29 is 18.0 Å². The molecule has 0 radical (unpaired) electrons. The van der Waals surface area contributed by atoms with Crippen molar-refractivity contribution in [3.8, 4) is 17.3 Å². The largest absolute Gasteiger partial charge is 0.416 e. The number of allylic oxidation sites excluding steroid dienone is 4. The third-order valence-corrected chi connectivity index (χ3v) is 6.55. The Bertz CT molecular complexity index is 1200. The Hall–Kier alpha value is -3.67. The van der Waals surface area contributed by atoms with Gasteiger partial charge >= 0.3 is 6.18 Å². The summed E-state index contributed by atoms with van der Waals surface area (Å²) in [5, 5.41) is 12.9. The monoisotopic (exact) mass is 495 g/mol. The predicted molar refractivity (Wildman–Crippen MR) is 132 cm³/mol. The van der Waals surface area contributed by atoms with E-state index in [4.69, 9.17) is 4.98 Å². The normalized spacial score (nSPS) is 17.0. The van der Waals surface area contributed by atoms with Gasteiger partial charge < -0.3 is 10.2 Å². The standard InChI is InChI=1S/C27H28F3N5O/c1-2-24(36)33-21-12-14-35(15-13-21)23-17-32-25(18-8-10-20(11-9-18)27(28,29)30)26(34-23)22-7-5-3-4-6-19(22)16-31/h5,7-11,17,21H,2-4,6,12-15H2,1H3,(H,33,36). The molecule has 188 valence electrons. The number of hydrogen-bond donors (Lipinski definition) is 1. The lowest BCUT2D eigenvalue weighted by molar-refractivity contribution is -0.137. The summed E-state index contributed by atoms with van der Waals surface area (Å²) in [7, 11) is 0. The zero-order valence-electron chi connectivity index (χ0n) is 20.1. The molecular weight excluding hydrogens is 467 g/mol. The molecule has 0 bridgehead atoms. The number of anilines is 1. The van der Waals surface area contributed by atoms with Crippen LogP contribution in [-0.4, -0.2) is 35.0 Å². The molecule has 1 saturated heterocycles. The molecule has 1 aliphatic heterocycles. The molecule has 1 N–H and O–H groups in total. The van der Waals surface area contributed by atoms with Gasteiger partial charge in [0.05, 0.1) is 29.2 Å². The maximum Gasteiger partial charge on any atom is 0.416 e. The van der Waals surface area contributed by atoms with E-state index in [-0.39, 0.29) is 11.9 Å². The van der Waals surface area contributed by atoms with Crippen molar-refractivity contribution in [2.45, 2.75) is 57.7 Å². The fraction of sp³-hybridized carbons (Fsp3) is 0.407. The van der Waals surface area contributed by atoms with Gasteiger partial charge in [0.1, 0.15) is 5.82 Å². The molecule has 6 nitrogen and oxygen atoms in total. The lowest BCUT2D eigenvalue weighted by Crippen LogP contribution is -2.44. The van der Waals surface area contributed by atoms with Gasteiger partial charge in [0.2, 0.25) is 5.91 Å². The van der Waals surface area contributed by atoms with E-state index in [1.54, 1.807) is 6.20 Å². The van der Waals surface area contributed by atoms with E-state index >= 15 is 0 Å². The molecule has 2 heterocycles. The second-order valence-corrected chi connectivity index (χ2v) is 8.98. The number of halogens is 3. The average Bonchev–Trinajstić information content (AvgIpc) is 3.14. The minimum atomic E-state index is -4.43. The summed E-state index contributed by atoms with van der Waals surface area (Å²) in [5.41, 5.74) is 1.94. The van der Waals surface area contributed by atoms with Crippen molar-refractivity contribution in [3.63, 3.8) is 0 Å². The van der Waals surface area contributed by atoms with Crippen LogP contribution in [0.2, 0.25) is 0 Å². The minimum Gasteiger partial charge on any atom is -0.355 e. The Labute approximate surface area is 208 Å². The smallest absolute Gasteiger partial charge is 0.355 e. The number of nitrogens with zero attached hydrogens (tertiary/aromatic N) is 4. The second-order valence-electron chi connectivity index (χ2n) is 8.98. The zero-order valence-corrected chi connectivity index (χ0v) is 20.1. The Morgan fingerprint density at radius 2 is 1.92 bits per heavy atom. The Balaban J connectivity index is 1.71. The van der Waals surface area contributed by atoms with Gasteiger partial charge in [-0.2, -0.15) is 18.4 Å². The van der Waals surface area contributed by atoms with Crippen LogP contribution in [0.5, 0.6) is 0 Å². The molecule has 36 heavy (non-hydrogen) atoms. The summed E-state index contributed by atoms with van der Waals surface area (Å²) in [5.74, 6) is 0.677. The van der Waals surface area contributed by atoms with E-state index in [0.717, 1.165) is 37.8 Å². The highest BCUT2D eigenvalue weighted by molar-refractivity contribution is 5.85. The summed E-state index contributed by atoms with van der Waals surface area (Å²) in [6.07, 6.45) is 5.33. The Morgan fingerprint density at radius 3 is 2.56 bits per heavy atom. The van der Waals surface area contributed by atoms with Gasteiger partial charge in [0.15, 0.2) is 0 Å². The van der Waals surface area contributed by atoms with Crippen LogP contribution in [0.4, 0.5) is 19.0 Å². The maximum atomic E-state index is 13.1. The summed E-state index contributed by atoms with van der Waals surface area (Å²) in [6, 6.07) is 7.26. The van der Waals surface area contributed by atoms with Crippen LogP contribution < -0.4 is 10.2 Å². The van der Waals surface area contributed by atoms with Crippen molar-refractivity contribution >= 4 is 17.3 Å². The number of alkyl halides is 3. The number of piperidine rings is 1. The Morgan fingerprint density at radius 1 is 1.19 bits per heavy atom. The van der Waals surface area contributed by atoms with Crippen molar-refractivity contribution in [1.29, 1.82) is 5.26 Å². The second kappa shape index (κ2) is 10.9. The highest BCUT2D eigenvalue weighted by Crippen LogP contribution is 2.35. The first-order valence-corrected chi connectivity index (χ1v) is 12.2. The van der Waals surface area contributed by atoms with E-state index in [0.29, 0.717) is 59.8 Å². The molecule has 0 unspecified atom stereocenters. The van der Waals surface area contributed by atoms with Gasteiger partial charge in [-0.3, -0.25) is 9.78 Å². The van der Waals surface area contributed by atoms with Crippen molar-refractivity contribution in [2.75, 3.05) is 18.0 Å². The molecule has 1 aromatic heterocycles. The fourth-order valence-electron chi connectivity index (χ4n) is 4.50. The van der Waals surface area contributed by atoms with Crippen molar-refractivity contribution in [3.05, 3.63) is 59.4 Å². The summed E-state index contributed by atoms with van der Waals surface area (Å²) >= 11 is 0. The number of nitriles is 1. The highest BCUT2D eigenvalue weighted by atomic mass is 19.4. The van der Waals surface area contributed by atoms with Crippen molar-refractivity contribution in [1.82, 2.24) is 15.3 Å². The van der Waals surface area contributed by atoms with Crippen LogP contribution in [0.25, 0.3) is 16.8 Å². The van der Waals surface area contributed by atoms with Gasteiger partial charge in [-0.05, 0) is 44.2 Å². The Kier molecular flexibility index (Phi) is 7.73. The van der Waals surface area contributed by atoms with E-state index in [9.17, 15) is 23.2 Å². The van der Waals surface area contributed by atoms with Crippen LogP contribution in [0.1, 0.15) is 56.7 Å². The molecule has 1 fully saturated rings. The third-order valence-electron chi connectivity index (χ3n) is 6.55. The highest BCUT2D eigenvalue weighted by Gasteiger charge is 2.30. The molecular formula is C27H28F3N5O. The first kappa shape index (κ1) is 25.4. The number of rotatable bonds is 5. The van der Waals surface area contributed by atoms with Crippen LogP contribution in [0.3, 0.4) is 0 Å². The molecule has 1 aromatic carbocycles. The van der Waals surface area contributed by atoms with E-state index in [1.165, 1.54) is 12.1 Å². The molecule has 1 aliphatic carbocycles. The average molecular weight is 496 g/mol. The molecule has 0 atom stereocenters. The van der Waals surface area contributed by atoms with E-state index in [2.05, 4.69) is 21.3 Å². The lowest BCUT2D eigenvalue weighted by atomic mass is 9.98. The summed E-state index contributed by atoms with van der Waals surface area (Å²) in [6.45, 7) is 3.19. The number of amides is 1. The number of nitrogens with one attached hydrogen (secondary N) is 1. The number of hydrogen-bond acceptors (Lipinski definition) is 5. The molecule has 4 rings (SSSR count). The van der Waals surface area contributed by atoms with Crippen LogP contribution in [0, 0.1) is 11.3 Å². The zero-order chi connectivity index (χ0) is 25.7. The van der Waals surface area contributed by atoms with Gasteiger partial charge in [0.25, 0.3) is 0 Å². The predicted octanol–water partition coefficient (Wildman–Crippen LogP) is 5.67. The van der Waals surface area contributed by atoms with E-state index in [1.807, 2.05) is 19.1 Å². The van der Waals surface area contributed by atoms with Gasteiger partial charge in [-0.15, -0.1) is 0 Å². The van der Waals surface area contributed by atoms with Crippen LogP contribution >= 0.6 is 0 Å². The molecule has 0 spiro atoms. The first-order chi connectivity index (χ1) is 17.3. The van der Waals surface area contributed by atoms with Crippen LogP contribution in [-0.2, 0) is 11.0 Å². The fourth-order valence-corrected chi connectivity index (χ4v) is 4.50. The topological polar surface area (TPSA) is 81.9 Å². The van der Waals surface area contributed by atoms with Crippen LogP contribution in [0.15, 0.2) is 48.2 Å². The minimum absolute atomic E-state index is 0.0348. The van der Waals surface area contributed by atoms with Gasteiger partial charge in [0, 0.05) is 42.3 Å². The summed E-state index contributed by atoms with van der Waals surface area (Å²) < 4.78 is 39.3. The molecule has 2 aliphatic rings. The summed E-state index contributed by atoms with van der Waals surface area (Å²) in [4.78, 5) is 23.4. The number of aromatic nitrogens is 2.